The first kappa shape index (κ1) is 26.3. The van der Waals surface area contributed by atoms with E-state index in [4.69, 9.17) is 14.5 Å². The number of amides is 1. The number of thioether (sulfide) groups is 1. The molecule has 1 aliphatic rings. The van der Waals surface area contributed by atoms with Gasteiger partial charge in [0.05, 0.1) is 23.7 Å². The second-order valence-electron chi connectivity index (χ2n) is 8.93. The van der Waals surface area contributed by atoms with Crippen LogP contribution in [0, 0.1) is 5.82 Å². The van der Waals surface area contributed by atoms with E-state index in [-0.39, 0.29) is 24.4 Å². The molecular formula is C32H27FN2O3S. The number of carbonyl (C=O) groups excluding carboxylic acids is 1. The van der Waals surface area contributed by atoms with Gasteiger partial charge in [-0.05, 0) is 77.9 Å². The van der Waals surface area contributed by atoms with E-state index in [0.717, 1.165) is 16.8 Å². The number of benzene rings is 4. The number of para-hydroxylation sites is 1. The maximum atomic E-state index is 13.7. The Bertz CT molecular complexity index is 1520. The van der Waals surface area contributed by atoms with Gasteiger partial charge in [0.15, 0.2) is 16.7 Å². The highest BCUT2D eigenvalue weighted by molar-refractivity contribution is 8.18. The second kappa shape index (κ2) is 12.0. The highest BCUT2D eigenvalue weighted by atomic mass is 32.2. The molecule has 0 saturated carbocycles. The summed E-state index contributed by atoms with van der Waals surface area (Å²) in [6.07, 6.45) is 1.84. The van der Waals surface area contributed by atoms with Crippen LogP contribution >= 0.6 is 11.8 Å². The van der Waals surface area contributed by atoms with Gasteiger partial charge in [-0.2, -0.15) is 0 Å². The van der Waals surface area contributed by atoms with Crippen molar-refractivity contribution in [3.63, 3.8) is 0 Å². The van der Waals surface area contributed by atoms with Crippen LogP contribution in [0.15, 0.2) is 113 Å². The van der Waals surface area contributed by atoms with Gasteiger partial charge >= 0.3 is 0 Å². The minimum atomic E-state index is -0.311. The van der Waals surface area contributed by atoms with Crippen molar-refractivity contribution >= 4 is 34.6 Å². The molecule has 0 aliphatic carbocycles. The zero-order chi connectivity index (χ0) is 27.2. The van der Waals surface area contributed by atoms with Crippen molar-refractivity contribution < 1.29 is 18.7 Å². The summed E-state index contributed by atoms with van der Waals surface area (Å²) in [6, 6.07) is 31.1. The summed E-state index contributed by atoms with van der Waals surface area (Å²) in [5.41, 5.74) is 3.30. The van der Waals surface area contributed by atoms with Gasteiger partial charge in [-0.3, -0.25) is 9.69 Å². The highest BCUT2D eigenvalue weighted by Crippen LogP contribution is 2.40. The Labute approximate surface area is 231 Å². The molecule has 4 aromatic carbocycles. The lowest BCUT2D eigenvalue weighted by Crippen LogP contribution is -2.32. The number of methoxy groups -OCH3 is 1. The average Bonchev–Trinajstić information content (AvgIpc) is 3.26. The van der Waals surface area contributed by atoms with Crippen LogP contribution in [0.1, 0.15) is 29.7 Å². The third-order valence-electron chi connectivity index (χ3n) is 6.26. The first-order valence-corrected chi connectivity index (χ1v) is 13.3. The number of carbonyl (C=O) groups is 1. The normalized spacial score (nSPS) is 16.1. The summed E-state index contributed by atoms with van der Waals surface area (Å²) in [5, 5.41) is 0.621. The van der Waals surface area contributed by atoms with Crippen LogP contribution < -0.4 is 9.47 Å². The largest absolute Gasteiger partial charge is 0.493 e. The molecule has 0 aromatic heterocycles. The molecule has 5 rings (SSSR count). The molecule has 1 saturated heterocycles. The van der Waals surface area contributed by atoms with E-state index >= 15 is 0 Å². The molecule has 1 aliphatic heterocycles. The molecule has 0 N–H and O–H groups in total. The zero-order valence-electron chi connectivity index (χ0n) is 21.6. The maximum Gasteiger partial charge on any atom is 0.267 e. The summed E-state index contributed by atoms with van der Waals surface area (Å²) < 4.78 is 24.9. The molecule has 0 radical (unpaired) electrons. The topological polar surface area (TPSA) is 51.1 Å². The van der Waals surface area contributed by atoms with E-state index in [2.05, 4.69) is 0 Å². The Balaban J connectivity index is 1.43. The van der Waals surface area contributed by atoms with Crippen LogP contribution in [0.5, 0.6) is 11.5 Å². The minimum Gasteiger partial charge on any atom is -0.493 e. The molecule has 0 bridgehead atoms. The number of aliphatic imine (C=N–C) groups is 1. The standard InChI is InChI=1S/C32H27FN2O3S/c1-22(25-11-5-3-6-12-25)35-31(36)30(39-32(35)34-27-14-7-4-8-15-27)20-23-16-17-28(29(19-23)37-2)38-21-24-10-9-13-26(33)18-24/h3-20,22H,21H2,1-2H3/b30-20+,34-32?/t22-/m0/s1. The minimum absolute atomic E-state index is 0.114. The lowest BCUT2D eigenvalue weighted by Gasteiger charge is -2.24. The number of nitrogens with zero attached hydrogens (tertiary/aromatic N) is 2. The molecule has 1 fully saturated rings. The van der Waals surface area contributed by atoms with Crippen molar-refractivity contribution in [2.45, 2.75) is 19.6 Å². The van der Waals surface area contributed by atoms with Crippen molar-refractivity contribution in [2.24, 2.45) is 4.99 Å². The van der Waals surface area contributed by atoms with E-state index in [1.807, 2.05) is 85.8 Å². The molecular weight excluding hydrogens is 511 g/mol. The van der Waals surface area contributed by atoms with Crippen molar-refractivity contribution in [1.82, 2.24) is 4.90 Å². The fourth-order valence-corrected chi connectivity index (χ4v) is 5.30. The Morgan fingerprint density at radius 2 is 1.67 bits per heavy atom. The summed E-state index contributed by atoms with van der Waals surface area (Å²) in [6.45, 7) is 2.21. The van der Waals surface area contributed by atoms with Crippen LogP contribution in [0.25, 0.3) is 6.08 Å². The predicted molar refractivity (Wildman–Crippen MR) is 155 cm³/mol. The van der Waals surface area contributed by atoms with Crippen LogP contribution in [-0.4, -0.2) is 23.1 Å². The fourth-order valence-electron chi connectivity index (χ4n) is 4.23. The van der Waals surface area contributed by atoms with E-state index in [1.54, 1.807) is 30.2 Å². The molecule has 196 valence electrons. The summed E-state index contributed by atoms with van der Waals surface area (Å²) >= 11 is 1.35. The Kier molecular flexibility index (Phi) is 8.08. The zero-order valence-corrected chi connectivity index (χ0v) is 22.4. The van der Waals surface area contributed by atoms with Gasteiger partial charge in [0.25, 0.3) is 5.91 Å². The molecule has 1 amide bonds. The monoisotopic (exact) mass is 538 g/mol. The highest BCUT2D eigenvalue weighted by Gasteiger charge is 2.37. The van der Waals surface area contributed by atoms with E-state index < -0.39 is 0 Å². The molecule has 0 unspecified atom stereocenters. The molecule has 4 aromatic rings. The Morgan fingerprint density at radius 1 is 0.923 bits per heavy atom. The van der Waals surface area contributed by atoms with Gasteiger partial charge < -0.3 is 9.47 Å². The number of hydrogen-bond donors (Lipinski definition) is 0. The molecule has 5 nitrogen and oxygen atoms in total. The smallest absolute Gasteiger partial charge is 0.267 e. The van der Waals surface area contributed by atoms with Gasteiger partial charge in [0.1, 0.15) is 12.4 Å². The molecule has 0 spiro atoms. The third-order valence-corrected chi connectivity index (χ3v) is 7.24. The number of halogens is 1. The van der Waals surface area contributed by atoms with Crippen molar-refractivity contribution in [2.75, 3.05) is 7.11 Å². The maximum absolute atomic E-state index is 13.7. The van der Waals surface area contributed by atoms with Crippen LogP contribution in [0.4, 0.5) is 10.1 Å². The lowest BCUT2D eigenvalue weighted by molar-refractivity contribution is -0.123. The summed E-state index contributed by atoms with van der Waals surface area (Å²) in [4.78, 5) is 20.8. The average molecular weight is 539 g/mol. The first-order chi connectivity index (χ1) is 19.0. The first-order valence-electron chi connectivity index (χ1n) is 12.5. The fraction of sp³-hybridized carbons (Fsp3) is 0.125. The number of amidine groups is 1. The van der Waals surface area contributed by atoms with E-state index in [0.29, 0.717) is 27.1 Å². The number of hydrogen-bond acceptors (Lipinski definition) is 5. The molecule has 1 heterocycles. The van der Waals surface area contributed by atoms with Gasteiger partial charge in [-0.15, -0.1) is 0 Å². The molecule has 39 heavy (non-hydrogen) atoms. The number of rotatable bonds is 8. The summed E-state index contributed by atoms with van der Waals surface area (Å²) in [7, 11) is 1.56. The summed E-state index contributed by atoms with van der Waals surface area (Å²) in [5.74, 6) is 0.620. The quantitative estimate of drug-likeness (QED) is 0.215. The van der Waals surface area contributed by atoms with Gasteiger partial charge in [0, 0.05) is 0 Å². The van der Waals surface area contributed by atoms with Crippen molar-refractivity contribution in [3.05, 3.63) is 131 Å². The lowest BCUT2D eigenvalue weighted by atomic mass is 10.1. The van der Waals surface area contributed by atoms with E-state index in [9.17, 15) is 9.18 Å². The van der Waals surface area contributed by atoms with E-state index in [1.165, 1.54) is 23.9 Å². The Morgan fingerprint density at radius 3 is 2.38 bits per heavy atom. The van der Waals surface area contributed by atoms with Crippen molar-refractivity contribution in [3.8, 4) is 11.5 Å². The molecule has 7 heteroatoms. The second-order valence-corrected chi connectivity index (χ2v) is 9.94. The van der Waals surface area contributed by atoms with Gasteiger partial charge in [0.2, 0.25) is 0 Å². The van der Waals surface area contributed by atoms with Gasteiger partial charge in [-0.1, -0.05) is 66.7 Å². The Hall–Kier alpha value is -4.36. The van der Waals surface area contributed by atoms with Crippen LogP contribution in [0.3, 0.4) is 0 Å². The van der Waals surface area contributed by atoms with Gasteiger partial charge in [-0.25, -0.2) is 9.38 Å². The third kappa shape index (κ3) is 6.21. The molecule has 1 atom stereocenters. The van der Waals surface area contributed by atoms with Crippen molar-refractivity contribution in [1.29, 1.82) is 0 Å². The van der Waals surface area contributed by atoms with Crippen LogP contribution in [-0.2, 0) is 11.4 Å². The predicted octanol–water partition coefficient (Wildman–Crippen LogP) is 7.78. The number of ether oxygens (including phenoxy) is 2. The SMILES string of the molecule is COc1cc(/C=C2/SC(=Nc3ccccc3)N([C@@H](C)c3ccccc3)C2=O)ccc1OCc1cccc(F)c1. The van der Waals surface area contributed by atoms with Crippen LogP contribution in [0.2, 0.25) is 0 Å².